The minimum atomic E-state index is -0.269. The van der Waals surface area contributed by atoms with Gasteiger partial charge in [-0.1, -0.05) is 42.5 Å². The standard InChI is InChI=1S/C19H25NO2/c1-22-18(21)17(16-9-4-2-5-10-16)20-14-8-13-19(15-20)11-6-3-7-12-19/h2-6,9-10,17H,7-8,11-15H2,1H3. The lowest BCUT2D eigenvalue weighted by atomic mass is 9.71. The number of likely N-dealkylation sites (tertiary alicyclic amines) is 1. The van der Waals surface area contributed by atoms with Crippen LogP contribution in [0.15, 0.2) is 42.5 Å². The zero-order valence-corrected chi connectivity index (χ0v) is 13.3. The number of esters is 1. The minimum absolute atomic E-state index is 0.144. The zero-order chi connectivity index (χ0) is 15.4. The summed E-state index contributed by atoms with van der Waals surface area (Å²) < 4.78 is 5.10. The molecule has 1 aliphatic carbocycles. The summed E-state index contributed by atoms with van der Waals surface area (Å²) in [6.45, 7) is 1.96. The molecule has 22 heavy (non-hydrogen) atoms. The van der Waals surface area contributed by atoms with Crippen LogP contribution in [-0.2, 0) is 9.53 Å². The zero-order valence-electron chi connectivity index (χ0n) is 13.3. The Morgan fingerprint density at radius 3 is 2.73 bits per heavy atom. The van der Waals surface area contributed by atoms with Crippen molar-refractivity contribution in [2.45, 2.75) is 38.1 Å². The summed E-state index contributed by atoms with van der Waals surface area (Å²) >= 11 is 0. The number of piperidine rings is 1. The van der Waals surface area contributed by atoms with E-state index in [0.717, 1.165) is 31.5 Å². The monoisotopic (exact) mass is 299 g/mol. The number of carbonyl (C=O) groups is 1. The van der Waals surface area contributed by atoms with Gasteiger partial charge in [-0.2, -0.15) is 0 Å². The summed E-state index contributed by atoms with van der Waals surface area (Å²) in [6, 6.07) is 9.77. The lowest BCUT2D eigenvalue weighted by Crippen LogP contribution is -2.47. The van der Waals surface area contributed by atoms with Gasteiger partial charge >= 0.3 is 5.97 Å². The first-order valence-corrected chi connectivity index (χ1v) is 8.26. The van der Waals surface area contributed by atoms with Crippen LogP contribution in [0.2, 0.25) is 0 Å². The van der Waals surface area contributed by atoms with Crippen LogP contribution < -0.4 is 0 Å². The fourth-order valence-electron chi connectivity index (χ4n) is 4.02. The Kier molecular flexibility index (Phi) is 4.63. The van der Waals surface area contributed by atoms with Crippen LogP contribution in [0.25, 0.3) is 0 Å². The van der Waals surface area contributed by atoms with Crippen LogP contribution in [0.5, 0.6) is 0 Å². The van der Waals surface area contributed by atoms with E-state index < -0.39 is 0 Å². The fourth-order valence-corrected chi connectivity index (χ4v) is 4.02. The summed E-state index contributed by atoms with van der Waals surface area (Å²) in [4.78, 5) is 14.7. The van der Waals surface area contributed by atoms with Crippen LogP contribution in [0.4, 0.5) is 0 Å². The van der Waals surface area contributed by atoms with E-state index in [9.17, 15) is 4.79 Å². The normalized spacial score (nSPS) is 26.8. The SMILES string of the molecule is COC(=O)C(c1ccccc1)N1CCCC2(CC=CCC2)C1. The van der Waals surface area contributed by atoms with Crippen molar-refractivity contribution in [1.29, 1.82) is 0 Å². The van der Waals surface area contributed by atoms with Crippen LogP contribution in [0, 0.1) is 5.41 Å². The highest BCUT2D eigenvalue weighted by molar-refractivity contribution is 5.77. The maximum Gasteiger partial charge on any atom is 0.327 e. The van der Waals surface area contributed by atoms with Gasteiger partial charge in [0.2, 0.25) is 0 Å². The second-order valence-electron chi connectivity index (χ2n) is 6.62. The third-order valence-corrected chi connectivity index (χ3v) is 5.15. The third kappa shape index (κ3) is 3.09. The van der Waals surface area contributed by atoms with E-state index in [-0.39, 0.29) is 12.0 Å². The second-order valence-corrected chi connectivity index (χ2v) is 6.62. The van der Waals surface area contributed by atoms with Crippen LogP contribution in [0.1, 0.15) is 43.7 Å². The van der Waals surface area contributed by atoms with E-state index in [4.69, 9.17) is 4.74 Å². The molecule has 0 saturated carbocycles. The van der Waals surface area contributed by atoms with Crippen molar-refractivity contribution in [2.75, 3.05) is 20.2 Å². The molecule has 118 valence electrons. The van der Waals surface area contributed by atoms with Crippen molar-refractivity contribution in [3.05, 3.63) is 48.0 Å². The molecule has 1 aromatic rings. The average molecular weight is 299 g/mol. The minimum Gasteiger partial charge on any atom is -0.468 e. The van der Waals surface area contributed by atoms with Crippen molar-refractivity contribution >= 4 is 5.97 Å². The molecular weight excluding hydrogens is 274 g/mol. The fraction of sp³-hybridized carbons (Fsp3) is 0.526. The Bertz CT molecular complexity index is 540. The number of carbonyl (C=O) groups excluding carboxylic acids is 1. The largest absolute Gasteiger partial charge is 0.468 e. The number of ether oxygens (including phenoxy) is 1. The van der Waals surface area contributed by atoms with E-state index in [2.05, 4.69) is 17.1 Å². The van der Waals surface area contributed by atoms with E-state index in [1.807, 2.05) is 30.3 Å². The van der Waals surface area contributed by atoms with Crippen LogP contribution >= 0.6 is 0 Å². The molecule has 2 atom stereocenters. The highest BCUT2D eigenvalue weighted by Gasteiger charge is 2.40. The summed E-state index contributed by atoms with van der Waals surface area (Å²) in [5.41, 5.74) is 1.39. The molecule has 2 aliphatic rings. The number of rotatable bonds is 3. The molecule has 1 heterocycles. The van der Waals surface area contributed by atoms with Crippen molar-refractivity contribution in [1.82, 2.24) is 4.90 Å². The molecule has 0 bridgehead atoms. The number of nitrogens with zero attached hydrogens (tertiary/aromatic N) is 1. The number of benzene rings is 1. The molecule has 1 fully saturated rings. The van der Waals surface area contributed by atoms with Gasteiger partial charge < -0.3 is 4.74 Å². The smallest absolute Gasteiger partial charge is 0.327 e. The van der Waals surface area contributed by atoms with Gasteiger partial charge in [-0.05, 0) is 49.6 Å². The van der Waals surface area contributed by atoms with Crippen molar-refractivity contribution < 1.29 is 9.53 Å². The van der Waals surface area contributed by atoms with Gasteiger partial charge in [0.25, 0.3) is 0 Å². The first-order valence-electron chi connectivity index (χ1n) is 8.26. The molecule has 0 N–H and O–H groups in total. The Morgan fingerprint density at radius 1 is 1.23 bits per heavy atom. The maximum atomic E-state index is 12.4. The number of allylic oxidation sites excluding steroid dienone is 2. The first kappa shape index (κ1) is 15.3. The van der Waals surface area contributed by atoms with Crippen molar-refractivity contribution in [2.24, 2.45) is 5.41 Å². The summed E-state index contributed by atoms with van der Waals surface area (Å²) in [7, 11) is 1.49. The predicted octanol–water partition coefficient (Wildman–Crippen LogP) is 3.72. The average Bonchev–Trinajstić information content (AvgIpc) is 2.57. The maximum absolute atomic E-state index is 12.4. The molecule has 1 aliphatic heterocycles. The molecule has 1 saturated heterocycles. The first-order chi connectivity index (χ1) is 10.7. The van der Waals surface area contributed by atoms with Gasteiger partial charge in [-0.3, -0.25) is 4.90 Å². The predicted molar refractivity (Wildman–Crippen MR) is 87.4 cm³/mol. The van der Waals surface area contributed by atoms with Gasteiger partial charge in [0.15, 0.2) is 0 Å². The van der Waals surface area contributed by atoms with Gasteiger partial charge in [0.05, 0.1) is 7.11 Å². The third-order valence-electron chi connectivity index (χ3n) is 5.15. The van der Waals surface area contributed by atoms with Gasteiger partial charge in [-0.25, -0.2) is 4.79 Å². The Balaban J connectivity index is 1.84. The quantitative estimate of drug-likeness (QED) is 0.629. The molecule has 1 spiro atoms. The summed E-state index contributed by atoms with van der Waals surface area (Å²) in [6.07, 6.45) is 10.6. The molecule has 0 aromatic heterocycles. The molecule has 0 radical (unpaired) electrons. The van der Waals surface area contributed by atoms with Crippen LogP contribution in [-0.4, -0.2) is 31.1 Å². The van der Waals surface area contributed by atoms with Crippen molar-refractivity contribution in [3.8, 4) is 0 Å². The van der Waals surface area contributed by atoms with Gasteiger partial charge in [0.1, 0.15) is 6.04 Å². The second kappa shape index (κ2) is 6.66. The van der Waals surface area contributed by atoms with E-state index >= 15 is 0 Å². The number of hydrogen-bond acceptors (Lipinski definition) is 3. The molecule has 1 aromatic carbocycles. The molecule has 0 amide bonds. The van der Waals surface area contributed by atoms with Gasteiger partial charge in [0, 0.05) is 6.54 Å². The number of methoxy groups -OCH3 is 1. The van der Waals surface area contributed by atoms with E-state index in [0.29, 0.717) is 5.41 Å². The highest BCUT2D eigenvalue weighted by Crippen LogP contribution is 2.43. The molecule has 2 unspecified atom stereocenters. The topological polar surface area (TPSA) is 29.5 Å². The van der Waals surface area contributed by atoms with E-state index in [1.54, 1.807) is 0 Å². The Morgan fingerprint density at radius 2 is 2.05 bits per heavy atom. The lowest BCUT2D eigenvalue weighted by molar-refractivity contribution is -0.149. The lowest BCUT2D eigenvalue weighted by Gasteiger charge is -2.46. The van der Waals surface area contributed by atoms with Gasteiger partial charge in [-0.15, -0.1) is 0 Å². The molecular formula is C19H25NO2. The molecule has 3 rings (SSSR count). The van der Waals surface area contributed by atoms with Crippen LogP contribution in [0.3, 0.4) is 0 Å². The summed E-state index contributed by atoms with van der Waals surface area (Å²) in [5.74, 6) is -0.144. The van der Waals surface area contributed by atoms with Crippen molar-refractivity contribution in [3.63, 3.8) is 0 Å². The van der Waals surface area contributed by atoms with E-state index in [1.165, 1.54) is 26.4 Å². The Hall–Kier alpha value is -1.61. The number of hydrogen-bond donors (Lipinski definition) is 0. The molecule has 3 heteroatoms. The summed E-state index contributed by atoms with van der Waals surface area (Å²) in [5, 5.41) is 0. The Labute approximate surface area is 133 Å². The highest BCUT2D eigenvalue weighted by atomic mass is 16.5. The molecule has 3 nitrogen and oxygen atoms in total.